The third-order valence-corrected chi connectivity index (χ3v) is 2.53. The second-order valence-electron chi connectivity index (χ2n) is 3.77. The maximum absolute atomic E-state index is 12.0. The molecule has 3 nitrogen and oxygen atoms in total. The molecule has 2 rings (SSSR count). The Hall–Kier alpha value is -2.03. The summed E-state index contributed by atoms with van der Waals surface area (Å²) in [5.41, 5.74) is 0.462. The van der Waals surface area contributed by atoms with E-state index in [-0.39, 0.29) is 23.2 Å². The van der Waals surface area contributed by atoms with E-state index in [1.54, 1.807) is 30.4 Å². The lowest BCUT2D eigenvalue weighted by Gasteiger charge is -2.14. The van der Waals surface area contributed by atoms with Gasteiger partial charge in [-0.25, -0.2) is 0 Å². The van der Waals surface area contributed by atoms with Gasteiger partial charge in [-0.3, -0.25) is 4.79 Å². The van der Waals surface area contributed by atoms with Gasteiger partial charge in [0.05, 0.1) is 5.76 Å². The van der Waals surface area contributed by atoms with E-state index >= 15 is 0 Å². The summed E-state index contributed by atoms with van der Waals surface area (Å²) in [5, 5.41) is 18.6. The van der Waals surface area contributed by atoms with Crippen molar-refractivity contribution in [2.45, 2.75) is 6.42 Å². The number of rotatable bonds is 2. The van der Waals surface area contributed by atoms with Crippen molar-refractivity contribution >= 4 is 5.78 Å². The van der Waals surface area contributed by atoms with Crippen LogP contribution in [0, 0.1) is 5.92 Å². The minimum atomic E-state index is -0.341. The first-order chi connectivity index (χ1) is 7.66. The molecule has 0 saturated carbocycles. The van der Waals surface area contributed by atoms with Crippen LogP contribution in [0.15, 0.2) is 48.3 Å². The SMILES string of the molecule is O=C(c1cccc(O)c1)C1C=CC=C(O)C1. The first kappa shape index (κ1) is 10.5. The number of aromatic hydroxyl groups is 1. The van der Waals surface area contributed by atoms with E-state index in [9.17, 15) is 15.0 Å². The summed E-state index contributed by atoms with van der Waals surface area (Å²) < 4.78 is 0. The molecule has 0 saturated heterocycles. The number of hydrogen-bond donors (Lipinski definition) is 2. The summed E-state index contributed by atoms with van der Waals surface area (Å²) in [6.07, 6.45) is 5.33. The first-order valence-corrected chi connectivity index (χ1v) is 5.06. The Morgan fingerprint density at radius 2 is 2.12 bits per heavy atom. The molecule has 1 aliphatic carbocycles. The topological polar surface area (TPSA) is 57.5 Å². The molecule has 0 fully saturated rings. The molecule has 0 amide bonds. The van der Waals surface area contributed by atoms with Crippen LogP contribution in [0.25, 0.3) is 0 Å². The van der Waals surface area contributed by atoms with Crippen LogP contribution in [-0.4, -0.2) is 16.0 Å². The molecular formula is C13H12O3. The number of benzene rings is 1. The lowest BCUT2D eigenvalue weighted by atomic mass is 9.91. The maximum Gasteiger partial charge on any atom is 0.170 e. The van der Waals surface area contributed by atoms with Gasteiger partial charge in [-0.15, -0.1) is 0 Å². The van der Waals surface area contributed by atoms with Crippen LogP contribution in [0.1, 0.15) is 16.8 Å². The van der Waals surface area contributed by atoms with Crippen LogP contribution in [0.4, 0.5) is 0 Å². The van der Waals surface area contributed by atoms with Gasteiger partial charge in [-0.2, -0.15) is 0 Å². The molecule has 0 spiro atoms. The Labute approximate surface area is 93.4 Å². The number of hydrogen-bond acceptors (Lipinski definition) is 3. The smallest absolute Gasteiger partial charge is 0.170 e. The normalized spacial score (nSPS) is 19.2. The second-order valence-corrected chi connectivity index (χ2v) is 3.77. The molecule has 3 heteroatoms. The zero-order valence-corrected chi connectivity index (χ0v) is 8.63. The number of ketones is 1. The van der Waals surface area contributed by atoms with Gasteiger partial charge in [0.25, 0.3) is 0 Å². The fourth-order valence-electron chi connectivity index (χ4n) is 1.72. The maximum atomic E-state index is 12.0. The average Bonchev–Trinajstić information content (AvgIpc) is 2.28. The Morgan fingerprint density at radius 1 is 1.31 bits per heavy atom. The number of carbonyl (C=O) groups excluding carboxylic acids is 1. The number of allylic oxidation sites excluding steroid dienone is 4. The van der Waals surface area contributed by atoms with Crippen LogP contribution in [0.5, 0.6) is 5.75 Å². The second kappa shape index (κ2) is 4.23. The fourth-order valence-corrected chi connectivity index (χ4v) is 1.72. The van der Waals surface area contributed by atoms with Crippen LogP contribution >= 0.6 is 0 Å². The lowest BCUT2D eigenvalue weighted by Crippen LogP contribution is -2.15. The molecule has 0 aliphatic heterocycles. The largest absolute Gasteiger partial charge is 0.512 e. The van der Waals surface area contributed by atoms with Crippen molar-refractivity contribution in [2.75, 3.05) is 0 Å². The summed E-state index contributed by atoms with van der Waals surface area (Å²) in [6.45, 7) is 0. The number of Topliss-reactive ketones (excluding diaryl/α,β-unsaturated/α-hetero) is 1. The fraction of sp³-hybridized carbons (Fsp3) is 0.154. The van der Waals surface area contributed by atoms with Gasteiger partial charge in [0.2, 0.25) is 0 Å². The van der Waals surface area contributed by atoms with E-state index < -0.39 is 0 Å². The number of phenols is 1. The highest BCUT2D eigenvalue weighted by molar-refractivity contribution is 5.99. The molecular weight excluding hydrogens is 204 g/mol. The predicted molar refractivity (Wildman–Crippen MR) is 60.4 cm³/mol. The molecule has 1 unspecified atom stereocenters. The summed E-state index contributed by atoms with van der Waals surface area (Å²) in [7, 11) is 0. The molecule has 16 heavy (non-hydrogen) atoms. The van der Waals surface area contributed by atoms with E-state index in [1.165, 1.54) is 12.1 Å². The third kappa shape index (κ3) is 2.14. The van der Waals surface area contributed by atoms with E-state index in [4.69, 9.17) is 0 Å². The molecule has 1 aromatic carbocycles. The zero-order chi connectivity index (χ0) is 11.5. The van der Waals surface area contributed by atoms with Gasteiger partial charge in [0, 0.05) is 17.9 Å². The minimum absolute atomic E-state index is 0.0744. The van der Waals surface area contributed by atoms with Gasteiger partial charge in [0.15, 0.2) is 5.78 Å². The third-order valence-electron chi connectivity index (χ3n) is 2.53. The number of phenolic OH excluding ortho intramolecular Hbond substituents is 1. The summed E-state index contributed by atoms with van der Waals surface area (Å²) >= 11 is 0. The Kier molecular flexibility index (Phi) is 2.77. The zero-order valence-electron chi connectivity index (χ0n) is 8.63. The Bertz CT molecular complexity index is 472. The average molecular weight is 216 g/mol. The number of carbonyl (C=O) groups is 1. The van der Waals surface area contributed by atoms with Crippen molar-refractivity contribution in [1.29, 1.82) is 0 Å². The summed E-state index contributed by atoms with van der Waals surface area (Å²) in [6, 6.07) is 6.24. The van der Waals surface area contributed by atoms with Crippen LogP contribution in [0.3, 0.4) is 0 Å². The molecule has 1 aromatic rings. The molecule has 2 N–H and O–H groups in total. The van der Waals surface area contributed by atoms with E-state index in [1.807, 2.05) is 0 Å². The van der Waals surface area contributed by atoms with Gasteiger partial charge in [-0.05, 0) is 18.2 Å². The van der Waals surface area contributed by atoms with Gasteiger partial charge in [0.1, 0.15) is 5.75 Å². The molecule has 0 radical (unpaired) electrons. The van der Waals surface area contributed by atoms with E-state index in [2.05, 4.69) is 0 Å². The van der Waals surface area contributed by atoms with Crippen molar-refractivity contribution in [2.24, 2.45) is 5.92 Å². The van der Waals surface area contributed by atoms with Gasteiger partial charge < -0.3 is 10.2 Å². The predicted octanol–water partition coefficient (Wildman–Crippen LogP) is 2.59. The highest BCUT2D eigenvalue weighted by Crippen LogP contribution is 2.22. The van der Waals surface area contributed by atoms with Crippen molar-refractivity contribution in [1.82, 2.24) is 0 Å². The standard InChI is InChI=1S/C13H12O3/c14-11-5-1-3-9(7-11)13(16)10-4-2-6-12(15)8-10/h1-7,10,14-15H,8H2. The van der Waals surface area contributed by atoms with E-state index in [0.29, 0.717) is 12.0 Å². The number of aliphatic hydroxyl groups is 1. The summed E-state index contributed by atoms with van der Waals surface area (Å²) in [5.74, 6) is -0.148. The van der Waals surface area contributed by atoms with Crippen molar-refractivity contribution < 1.29 is 15.0 Å². The number of aliphatic hydroxyl groups excluding tert-OH is 1. The Morgan fingerprint density at radius 3 is 2.81 bits per heavy atom. The molecule has 0 bridgehead atoms. The van der Waals surface area contributed by atoms with Crippen molar-refractivity contribution in [3.8, 4) is 5.75 Å². The van der Waals surface area contributed by atoms with Crippen LogP contribution < -0.4 is 0 Å². The first-order valence-electron chi connectivity index (χ1n) is 5.06. The highest BCUT2D eigenvalue weighted by atomic mass is 16.3. The summed E-state index contributed by atoms with van der Waals surface area (Å²) in [4.78, 5) is 12.0. The Balaban J connectivity index is 2.20. The molecule has 0 heterocycles. The molecule has 1 aliphatic rings. The highest BCUT2D eigenvalue weighted by Gasteiger charge is 2.20. The van der Waals surface area contributed by atoms with Crippen molar-refractivity contribution in [3.63, 3.8) is 0 Å². The van der Waals surface area contributed by atoms with Crippen molar-refractivity contribution in [3.05, 3.63) is 53.8 Å². The van der Waals surface area contributed by atoms with Crippen LogP contribution in [0.2, 0.25) is 0 Å². The monoisotopic (exact) mass is 216 g/mol. The molecule has 0 aromatic heterocycles. The van der Waals surface area contributed by atoms with Gasteiger partial charge in [-0.1, -0.05) is 24.3 Å². The molecule has 1 atom stereocenters. The van der Waals surface area contributed by atoms with Gasteiger partial charge >= 0.3 is 0 Å². The minimum Gasteiger partial charge on any atom is -0.512 e. The quantitative estimate of drug-likeness (QED) is 0.747. The lowest BCUT2D eigenvalue weighted by molar-refractivity contribution is 0.0936. The molecule has 82 valence electrons. The van der Waals surface area contributed by atoms with E-state index in [0.717, 1.165) is 0 Å². The van der Waals surface area contributed by atoms with Crippen LogP contribution in [-0.2, 0) is 0 Å².